The van der Waals surface area contributed by atoms with Gasteiger partial charge in [-0.25, -0.2) is 0 Å². The summed E-state index contributed by atoms with van der Waals surface area (Å²) in [6, 6.07) is 0.617. The van der Waals surface area contributed by atoms with Crippen molar-refractivity contribution in [1.82, 2.24) is 9.80 Å². The zero-order chi connectivity index (χ0) is 12.9. The molecule has 0 amide bonds. The van der Waals surface area contributed by atoms with Crippen molar-refractivity contribution in [1.29, 1.82) is 0 Å². The molecule has 1 aliphatic heterocycles. The van der Waals surface area contributed by atoms with Gasteiger partial charge in [0.25, 0.3) is 0 Å². The second-order valence-corrected chi connectivity index (χ2v) is 5.40. The van der Waals surface area contributed by atoms with E-state index in [2.05, 4.69) is 37.5 Å². The molecule has 1 aliphatic rings. The first kappa shape index (κ1) is 14.7. The van der Waals surface area contributed by atoms with Gasteiger partial charge in [-0.2, -0.15) is 0 Å². The fourth-order valence-electron chi connectivity index (χ4n) is 2.81. The molecule has 1 rings (SSSR count). The molecule has 1 fully saturated rings. The summed E-state index contributed by atoms with van der Waals surface area (Å²) in [5.41, 5.74) is -0.117. The number of hydrogen-bond donors (Lipinski definition) is 0. The van der Waals surface area contributed by atoms with Gasteiger partial charge < -0.3 is 4.79 Å². The van der Waals surface area contributed by atoms with Gasteiger partial charge in [0, 0.05) is 37.6 Å². The maximum atomic E-state index is 11.3. The van der Waals surface area contributed by atoms with Crippen LogP contribution >= 0.6 is 0 Å². The maximum absolute atomic E-state index is 11.3. The SMILES string of the molecule is CCN1CCN(CC(C=O)(CC)CC)CC1C. The first-order valence-corrected chi connectivity index (χ1v) is 7.03. The van der Waals surface area contributed by atoms with E-state index in [4.69, 9.17) is 0 Å². The summed E-state index contributed by atoms with van der Waals surface area (Å²) in [4.78, 5) is 16.3. The molecule has 1 atom stereocenters. The monoisotopic (exact) mass is 240 g/mol. The fourth-order valence-corrected chi connectivity index (χ4v) is 2.81. The van der Waals surface area contributed by atoms with Crippen molar-refractivity contribution in [3.63, 3.8) is 0 Å². The van der Waals surface area contributed by atoms with E-state index >= 15 is 0 Å². The van der Waals surface area contributed by atoms with Crippen LogP contribution in [0.2, 0.25) is 0 Å². The van der Waals surface area contributed by atoms with Crippen molar-refractivity contribution in [3.8, 4) is 0 Å². The third-order valence-electron chi connectivity index (χ3n) is 4.45. The van der Waals surface area contributed by atoms with Crippen LogP contribution < -0.4 is 0 Å². The van der Waals surface area contributed by atoms with Gasteiger partial charge in [-0.1, -0.05) is 20.8 Å². The predicted octanol–water partition coefficient (Wildman–Crippen LogP) is 2.02. The average molecular weight is 240 g/mol. The highest BCUT2D eigenvalue weighted by Crippen LogP contribution is 2.26. The van der Waals surface area contributed by atoms with Crippen molar-refractivity contribution in [2.24, 2.45) is 5.41 Å². The molecule has 1 unspecified atom stereocenters. The maximum Gasteiger partial charge on any atom is 0.127 e. The van der Waals surface area contributed by atoms with E-state index in [1.807, 2.05) is 0 Å². The Morgan fingerprint density at radius 3 is 2.29 bits per heavy atom. The molecule has 0 aromatic carbocycles. The van der Waals surface area contributed by atoms with Crippen LogP contribution in [0.4, 0.5) is 0 Å². The molecule has 1 saturated heterocycles. The molecule has 100 valence electrons. The van der Waals surface area contributed by atoms with Gasteiger partial charge in [-0.05, 0) is 26.3 Å². The van der Waals surface area contributed by atoms with Crippen LogP contribution in [0.15, 0.2) is 0 Å². The first-order chi connectivity index (χ1) is 8.10. The summed E-state index contributed by atoms with van der Waals surface area (Å²) < 4.78 is 0. The predicted molar refractivity (Wildman–Crippen MR) is 72.2 cm³/mol. The Labute approximate surface area is 106 Å². The number of carbonyl (C=O) groups excluding carboxylic acids is 1. The Bertz CT molecular complexity index is 238. The van der Waals surface area contributed by atoms with Gasteiger partial charge >= 0.3 is 0 Å². The largest absolute Gasteiger partial charge is 0.303 e. The summed E-state index contributed by atoms with van der Waals surface area (Å²) in [7, 11) is 0. The Morgan fingerprint density at radius 2 is 1.88 bits per heavy atom. The number of hydrogen-bond acceptors (Lipinski definition) is 3. The number of piperazine rings is 1. The van der Waals surface area contributed by atoms with Crippen LogP contribution in [0, 0.1) is 5.41 Å². The van der Waals surface area contributed by atoms with Gasteiger partial charge in [0.1, 0.15) is 6.29 Å². The normalized spacial score (nSPS) is 23.9. The van der Waals surface area contributed by atoms with Gasteiger partial charge in [-0.3, -0.25) is 9.80 Å². The molecule has 0 bridgehead atoms. The van der Waals surface area contributed by atoms with Crippen molar-refractivity contribution in [3.05, 3.63) is 0 Å². The third-order valence-corrected chi connectivity index (χ3v) is 4.45. The second kappa shape index (κ2) is 6.50. The number of aldehydes is 1. The van der Waals surface area contributed by atoms with Crippen molar-refractivity contribution in [2.75, 3.05) is 32.7 Å². The smallest absolute Gasteiger partial charge is 0.127 e. The zero-order valence-electron chi connectivity index (χ0n) is 11.9. The molecule has 0 aromatic heterocycles. The Morgan fingerprint density at radius 1 is 1.24 bits per heavy atom. The lowest BCUT2D eigenvalue weighted by molar-refractivity contribution is -0.118. The molecule has 1 heterocycles. The molecule has 0 aliphatic carbocycles. The van der Waals surface area contributed by atoms with E-state index in [9.17, 15) is 4.79 Å². The summed E-state index contributed by atoms with van der Waals surface area (Å²) in [6.45, 7) is 14.2. The third kappa shape index (κ3) is 3.52. The number of rotatable bonds is 6. The van der Waals surface area contributed by atoms with Crippen LogP contribution in [-0.2, 0) is 4.79 Å². The Kier molecular flexibility index (Phi) is 5.60. The molecule has 0 aromatic rings. The number of likely N-dealkylation sites (N-methyl/N-ethyl adjacent to an activating group) is 1. The van der Waals surface area contributed by atoms with Crippen LogP contribution in [0.1, 0.15) is 40.5 Å². The lowest BCUT2D eigenvalue weighted by Crippen LogP contribution is -2.54. The quantitative estimate of drug-likeness (QED) is 0.664. The van der Waals surface area contributed by atoms with Crippen LogP contribution in [0.25, 0.3) is 0 Å². The molecule has 0 spiro atoms. The van der Waals surface area contributed by atoms with Crippen molar-refractivity contribution in [2.45, 2.75) is 46.6 Å². The summed E-state index contributed by atoms with van der Waals surface area (Å²) in [6.07, 6.45) is 3.09. The molecule has 3 nitrogen and oxygen atoms in total. The molecule has 17 heavy (non-hydrogen) atoms. The van der Waals surface area contributed by atoms with Crippen molar-refractivity contribution >= 4 is 6.29 Å². The molecular weight excluding hydrogens is 212 g/mol. The minimum absolute atomic E-state index is 0.117. The highest BCUT2D eigenvalue weighted by atomic mass is 16.1. The van der Waals surface area contributed by atoms with Crippen molar-refractivity contribution < 1.29 is 4.79 Å². The summed E-state index contributed by atoms with van der Waals surface area (Å²) in [5.74, 6) is 0. The van der Waals surface area contributed by atoms with Crippen LogP contribution in [0.5, 0.6) is 0 Å². The Balaban J connectivity index is 2.55. The molecular formula is C14H28N2O. The van der Waals surface area contributed by atoms with E-state index in [0.29, 0.717) is 6.04 Å². The summed E-state index contributed by atoms with van der Waals surface area (Å²) in [5, 5.41) is 0. The van der Waals surface area contributed by atoms with E-state index < -0.39 is 0 Å². The van der Waals surface area contributed by atoms with E-state index in [1.54, 1.807) is 0 Å². The van der Waals surface area contributed by atoms with E-state index in [1.165, 1.54) is 6.29 Å². The number of carbonyl (C=O) groups is 1. The fraction of sp³-hybridized carbons (Fsp3) is 0.929. The van der Waals surface area contributed by atoms with E-state index in [0.717, 1.165) is 45.6 Å². The van der Waals surface area contributed by atoms with Gasteiger partial charge in [0.2, 0.25) is 0 Å². The lowest BCUT2D eigenvalue weighted by atomic mass is 9.83. The highest BCUT2D eigenvalue weighted by Gasteiger charge is 2.31. The Hall–Kier alpha value is -0.410. The van der Waals surface area contributed by atoms with Gasteiger partial charge in [0.15, 0.2) is 0 Å². The highest BCUT2D eigenvalue weighted by molar-refractivity contribution is 5.59. The topological polar surface area (TPSA) is 23.6 Å². The average Bonchev–Trinajstić information content (AvgIpc) is 2.36. The van der Waals surface area contributed by atoms with Gasteiger partial charge in [-0.15, -0.1) is 0 Å². The van der Waals surface area contributed by atoms with Crippen LogP contribution in [-0.4, -0.2) is 54.9 Å². The minimum atomic E-state index is -0.117. The standard InChI is InChI=1S/C14H28N2O/c1-5-14(6-2,12-17)11-15-8-9-16(7-3)13(4)10-15/h12-13H,5-11H2,1-4H3. The minimum Gasteiger partial charge on any atom is -0.303 e. The molecule has 0 N–H and O–H groups in total. The summed E-state index contributed by atoms with van der Waals surface area (Å²) >= 11 is 0. The first-order valence-electron chi connectivity index (χ1n) is 7.03. The van der Waals surface area contributed by atoms with Crippen LogP contribution in [0.3, 0.4) is 0 Å². The number of nitrogens with zero attached hydrogens (tertiary/aromatic N) is 2. The second-order valence-electron chi connectivity index (χ2n) is 5.40. The molecule has 3 heteroatoms. The molecule has 0 radical (unpaired) electrons. The van der Waals surface area contributed by atoms with E-state index in [-0.39, 0.29) is 5.41 Å². The zero-order valence-corrected chi connectivity index (χ0v) is 11.9. The molecule has 0 saturated carbocycles. The lowest BCUT2D eigenvalue weighted by Gasteiger charge is -2.42. The van der Waals surface area contributed by atoms with Gasteiger partial charge in [0.05, 0.1) is 0 Å².